The largest absolute Gasteiger partial charge is 0.301 e. The van der Waals surface area contributed by atoms with Crippen LogP contribution >= 0.6 is 23.1 Å². The first-order valence-electron chi connectivity index (χ1n) is 6.97. The minimum Gasteiger partial charge on any atom is -0.301 e. The summed E-state index contributed by atoms with van der Waals surface area (Å²) in [6, 6.07) is 14.5. The summed E-state index contributed by atoms with van der Waals surface area (Å²) in [5.41, 5.74) is 0.975. The number of aromatic nitrogens is 1. The van der Waals surface area contributed by atoms with Gasteiger partial charge >= 0.3 is 0 Å². The van der Waals surface area contributed by atoms with Gasteiger partial charge in [0.15, 0.2) is 5.13 Å². The molecule has 5 heteroatoms. The number of hydrogen-bond donors (Lipinski definition) is 1. The molecule has 0 aliphatic rings. The lowest BCUT2D eigenvalue weighted by molar-refractivity contribution is -0.113. The molecule has 0 saturated carbocycles. The Morgan fingerprint density at radius 3 is 2.68 bits per heavy atom. The van der Waals surface area contributed by atoms with Crippen LogP contribution in [0.2, 0.25) is 0 Å². The fourth-order valence-electron chi connectivity index (χ4n) is 2.09. The van der Waals surface area contributed by atoms with E-state index in [0.29, 0.717) is 10.9 Å². The van der Waals surface area contributed by atoms with Gasteiger partial charge in [0, 0.05) is 9.77 Å². The van der Waals surface area contributed by atoms with Crippen molar-refractivity contribution < 1.29 is 4.79 Å². The van der Waals surface area contributed by atoms with Crippen molar-refractivity contribution in [1.29, 1.82) is 0 Å². The summed E-state index contributed by atoms with van der Waals surface area (Å²) >= 11 is 3.05. The number of nitrogens with zero attached hydrogens (tertiary/aromatic N) is 1. The van der Waals surface area contributed by atoms with Crippen LogP contribution in [0.5, 0.6) is 0 Å². The number of carbonyl (C=O) groups is 1. The van der Waals surface area contributed by atoms with Gasteiger partial charge in [0.25, 0.3) is 0 Å². The van der Waals surface area contributed by atoms with Gasteiger partial charge in [0.1, 0.15) is 0 Å². The summed E-state index contributed by atoms with van der Waals surface area (Å²) in [6.45, 7) is 3.96. The van der Waals surface area contributed by atoms with E-state index in [1.165, 1.54) is 33.9 Å². The topological polar surface area (TPSA) is 42.0 Å². The second-order valence-corrected chi connectivity index (χ2v) is 7.26. The van der Waals surface area contributed by atoms with Crippen molar-refractivity contribution in [3.8, 4) is 0 Å². The maximum atomic E-state index is 12.0. The molecule has 0 aliphatic carbocycles. The van der Waals surface area contributed by atoms with Crippen LogP contribution in [0.3, 0.4) is 0 Å². The highest BCUT2D eigenvalue weighted by molar-refractivity contribution is 8.00. The predicted molar refractivity (Wildman–Crippen MR) is 94.9 cm³/mol. The third-order valence-electron chi connectivity index (χ3n) is 3.37. The van der Waals surface area contributed by atoms with E-state index in [1.807, 2.05) is 26.0 Å². The number of aryl methyl sites for hydroxylation is 2. The molecule has 3 rings (SSSR count). The minimum absolute atomic E-state index is 0.0214. The first-order valence-corrected chi connectivity index (χ1v) is 8.77. The highest BCUT2D eigenvalue weighted by Crippen LogP contribution is 2.25. The smallest absolute Gasteiger partial charge is 0.236 e. The molecular formula is C17H16N2OS2. The highest BCUT2D eigenvalue weighted by atomic mass is 32.2. The van der Waals surface area contributed by atoms with E-state index in [9.17, 15) is 4.79 Å². The lowest BCUT2D eigenvalue weighted by Crippen LogP contribution is -2.13. The molecule has 112 valence electrons. The SMILES string of the molecule is Cc1nc(NC(=O)CSc2ccc3ccccc3c2)sc1C. The zero-order valence-electron chi connectivity index (χ0n) is 12.4. The van der Waals surface area contributed by atoms with Crippen molar-refractivity contribution in [2.45, 2.75) is 18.7 Å². The normalized spacial score (nSPS) is 10.8. The van der Waals surface area contributed by atoms with Crippen LogP contribution in [0.25, 0.3) is 10.8 Å². The van der Waals surface area contributed by atoms with Crippen LogP contribution in [0, 0.1) is 13.8 Å². The maximum absolute atomic E-state index is 12.0. The fourth-order valence-corrected chi connectivity index (χ4v) is 3.66. The molecule has 0 atom stereocenters. The molecule has 1 amide bonds. The summed E-state index contributed by atoms with van der Waals surface area (Å²) in [4.78, 5) is 18.6. The monoisotopic (exact) mass is 328 g/mol. The van der Waals surface area contributed by atoms with Crippen LogP contribution in [-0.2, 0) is 4.79 Å². The molecule has 0 saturated heterocycles. The van der Waals surface area contributed by atoms with E-state index >= 15 is 0 Å². The summed E-state index contributed by atoms with van der Waals surface area (Å²) in [7, 11) is 0. The van der Waals surface area contributed by atoms with Crippen LogP contribution in [0.1, 0.15) is 10.6 Å². The summed E-state index contributed by atoms with van der Waals surface area (Å²) in [6.07, 6.45) is 0. The number of carbonyl (C=O) groups excluding carboxylic acids is 1. The predicted octanol–water partition coefficient (Wildman–Crippen LogP) is 4.64. The summed E-state index contributed by atoms with van der Waals surface area (Å²) in [5, 5.41) is 5.94. The van der Waals surface area contributed by atoms with Crippen LogP contribution in [0.4, 0.5) is 5.13 Å². The Hall–Kier alpha value is -1.85. The van der Waals surface area contributed by atoms with Crippen LogP contribution in [0.15, 0.2) is 47.4 Å². The quantitative estimate of drug-likeness (QED) is 0.709. The van der Waals surface area contributed by atoms with E-state index in [-0.39, 0.29) is 5.91 Å². The standard InChI is InChI=1S/C17H16N2OS2/c1-11-12(2)22-17(18-11)19-16(20)10-21-15-8-7-13-5-3-4-6-14(13)9-15/h3-9H,10H2,1-2H3,(H,18,19,20). The molecular weight excluding hydrogens is 312 g/mol. The van der Waals surface area contributed by atoms with Crippen LogP contribution in [-0.4, -0.2) is 16.6 Å². The number of thiazole rings is 1. The van der Waals surface area contributed by atoms with Gasteiger partial charge in [-0.3, -0.25) is 4.79 Å². The number of fused-ring (bicyclic) bond motifs is 1. The van der Waals surface area contributed by atoms with Gasteiger partial charge in [-0.15, -0.1) is 23.1 Å². The molecule has 22 heavy (non-hydrogen) atoms. The van der Waals surface area contributed by atoms with Crippen molar-refractivity contribution in [3.63, 3.8) is 0 Å². The Morgan fingerprint density at radius 1 is 1.18 bits per heavy atom. The average molecular weight is 328 g/mol. The van der Waals surface area contributed by atoms with Crippen molar-refractivity contribution in [1.82, 2.24) is 4.98 Å². The van der Waals surface area contributed by atoms with Gasteiger partial charge in [0.05, 0.1) is 11.4 Å². The van der Waals surface area contributed by atoms with E-state index in [1.54, 1.807) is 0 Å². The number of hydrogen-bond acceptors (Lipinski definition) is 4. The lowest BCUT2D eigenvalue weighted by Gasteiger charge is -2.04. The molecule has 0 bridgehead atoms. The van der Waals surface area contributed by atoms with Gasteiger partial charge in [-0.05, 0) is 36.8 Å². The van der Waals surface area contributed by atoms with Gasteiger partial charge in [0.2, 0.25) is 5.91 Å². The van der Waals surface area contributed by atoms with Gasteiger partial charge in [-0.2, -0.15) is 0 Å². The van der Waals surface area contributed by atoms with E-state index < -0.39 is 0 Å². The molecule has 1 aromatic heterocycles. The van der Waals surface area contributed by atoms with Crippen molar-refractivity contribution in [2.24, 2.45) is 0 Å². The Kier molecular flexibility index (Phi) is 4.45. The number of thioether (sulfide) groups is 1. The lowest BCUT2D eigenvalue weighted by atomic mass is 10.1. The molecule has 1 N–H and O–H groups in total. The van der Waals surface area contributed by atoms with Gasteiger partial charge in [-0.1, -0.05) is 30.3 Å². The Balaban J connectivity index is 1.62. The average Bonchev–Trinajstić information content (AvgIpc) is 2.83. The third-order valence-corrected chi connectivity index (χ3v) is 5.35. The number of amides is 1. The first kappa shape index (κ1) is 15.1. The minimum atomic E-state index is -0.0214. The molecule has 0 aliphatic heterocycles. The molecule has 0 unspecified atom stereocenters. The van der Waals surface area contributed by atoms with E-state index in [4.69, 9.17) is 0 Å². The Morgan fingerprint density at radius 2 is 1.95 bits per heavy atom. The number of anilines is 1. The van der Waals surface area contributed by atoms with E-state index in [2.05, 4.69) is 40.6 Å². The zero-order chi connectivity index (χ0) is 15.5. The van der Waals surface area contributed by atoms with E-state index in [0.717, 1.165) is 15.5 Å². The second kappa shape index (κ2) is 6.50. The van der Waals surface area contributed by atoms with Crippen molar-refractivity contribution in [2.75, 3.05) is 11.1 Å². The molecule has 0 spiro atoms. The van der Waals surface area contributed by atoms with Gasteiger partial charge < -0.3 is 5.32 Å². The van der Waals surface area contributed by atoms with Crippen LogP contribution < -0.4 is 5.32 Å². The molecule has 3 nitrogen and oxygen atoms in total. The first-order chi connectivity index (χ1) is 10.6. The second-order valence-electron chi connectivity index (χ2n) is 5.01. The molecule has 3 aromatic rings. The molecule has 0 radical (unpaired) electrons. The van der Waals surface area contributed by atoms with Crippen molar-refractivity contribution >= 4 is 44.9 Å². The Labute approximate surface area is 137 Å². The summed E-state index contributed by atoms with van der Waals surface area (Å²) < 4.78 is 0. The van der Waals surface area contributed by atoms with Crippen molar-refractivity contribution in [3.05, 3.63) is 53.0 Å². The molecule has 1 heterocycles. The number of benzene rings is 2. The third kappa shape index (κ3) is 3.48. The molecule has 2 aromatic carbocycles. The number of rotatable bonds is 4. The zero-order valence-corrected chi connectivity index (χ0v) is 14.1. The highest BCUT2D eigenvalue weighted by Gasteiger charge is 2.08. The molecule has 0 fully saturated rings. The summed E-state index contributed by atoms with van der Waals surface area (Å²) in [5.74, 6) is 0.364. The number of nitrogens with one attached hydrogen (secondary N) is 1. The Bertz CT molecular complexity index is 807. The maximum Gasteiger partial charge on any atom is 0.236 e. The van der Waals surface area contributed by atoms with Gasteiger partial charge in [-0.25, -0.2) is 4.98 Å². The fraction of sp³-hybridized carbons (Fsp3) is 0.176.